The van der Waals surface area contributed by atoms with Crippen LogP contribution in [0.15, 0.2) is 10.9 Å². The number of nitrogens with one attached hydrogen (secondary N) is 1. The van der Waals surface area contributed by atoms with E-state index >= 15 is 0 Å². The summed E-state index contributed by atoms with van der Waals surface area (Å²) >= 11 is 0. The average molecular weight is 266 g/mol. The Morgan fingerprint density at radius 2 is 2.11 bits per heavy atom. The molecule has 1 rings (SSSR count). The van der Waals surface area contributed by atoms with Crippen LogP contribution in [0.2, 0.25) is 0 Å². The lowest BCUT2D eigenvalue weighted by atomic mass is 10.1. The molecule has 1 aromatic heterocycles. The fraction of sp³-hybridized carbons (Fsp3) is 0.333. The highest BCUT2D eigenvalue weighted by atomic mass is 19.4. The topological polar surface area (TPSA) is 105 Å². The summed E-state index contributed by atoms with van der Waals surface area (Å²) in [7, 11) is 0. The molecule has 0 fully saturated rings. The molecule has 0 spiro atoms. The van der Waals surface area contributed by atoms with Gasteiger partial charge in [-0.15, -0.1) is 13.2 Å². The number of H-pyrrole nitrogens is 1. The molecule has 0 bridgehead atoms. The maximum Gasteiger partial charge on any atom is 0.573 e. The Balaban J connectivity index is 3.28. The van der Waals surface area contributed by atoms with Crippen LogP contribution in [0.1, 0.15) is 11.3 Å². The van der Waals surface area contributed by atoms with E-state index in [4.69, 9.17) is 10.8 Å². The number of hydrogen-bond acceptors (Lipinski definition) is 4. The van der Waals surface area contributed by atoms with Crippen molar-refractivity contribution in [3.05, 3.63) is 27.7 Å². The highest BCUT2D eigenvalue weighted by Crippen LogP contribution is 2.26. The zero-order chi connectivity index (χ0) is 13.9. The molecular weight excluding hydrogens is 257 g/mol. The van der Waals surface area contributed by atoms with E-state index < -0.39 is 36.6 Å². The lowest BCUT2D eigenvalue weighted by Crippen LogP contribution is -2.23. The molecule has 1 aromatic rings. The summed E-state index contributed by atoms with van der Waals surface area (Å²) in [5.74, 6) is -2.10. The smallest absolute Gasteiger partial charge is 0.481 e. The molecule has 1 heterocycles. The summed E-state index contributed by atoms with van der Waals surface area (Å²) in [4.78, 5) is 23.7. The van der Waals surface area contributed by atoms with Crippen molar-refractivity contribution in [1.29, 1.82) is 0 Å². The minimum atomic E-state index is -4.99. The van der Waals surface area contributed by atoms with Crippen molar-refractivity contribution in [2.45, 2.75) is 19.3 Å². The lowest BCUT2D eigenvalue weighted by Gasteiger charge is -2.14. The largest absolute Gasteiger partial charge is 0.573 e. The molecule has 9 heteroatoms. The fourth-order valence-electron chi connectivity index (χ4n) is 1.36. The monoisotopic (exact) mass is 266 g/mol. The highest BCUT2D eigenvalue weighted by Gasteiger charge is 2.32. The average Bonchev–Trinajstić information content (AvgIpc) is 2.13. The Labute approximate surface area is 98.2 Å². The Morgan fingerprint density at radius 1 is 1.50 bits per heavy atom. The molecule has 0 aliphatic carbocycles. The van der Waals surface area contributed by atoms with E-state index in [1.807, 2.05) is 0 Å². The van der Waals surface area contributed by atoms with E-state index in [-0.39, 0.29) is 11.3 Å². The minimum absolute atomic E-state index is 0.200. The van der Waals surface area contributed by atoms with Crippen LogP contribution < -0.4 is 16.0 Å². The van der Waals surface area contributed by atoms with Gasteiger partial charge in [0.15, 0.2) is 0 Å². The van der Waals surface area contributed by atoms with Crippen LogP contribution in [0.25, 0.3) is 0 Å². The number of carbonyl (C=O) groups is 1. The maximum atomic E-state index is 12.1. The second-order valence-corrected chi connectivity index (χ2v) is 3.28. The standard InChI is InChI=1S/C9H9F3N2O4/c10-9(11,12)18-6-2-7(15)14-5(1-8(16)17)4(6)3-13/h2H,1,3,13H2,(H,14,15)(H,16,17). The molecule has 100 valence electrons. The van der Waals surface area contributed by atoms with Crippen molar-refractivity contribution in [1.82, 2.24) is 4.98 Å². The van der Waals surface area contributed by atoms with Gasteiger partial charge in [0.1, 0.15) is 5.75 Å². The van der Waals surface area contributed by atoms with E-state index in [0.717, 1.165) is 0 Å². The van der Waals surface area contributed by atoms with Gasteiger partial charge in [0.2, 0.25) is 0 Å². The van der Waals surface area contributed by atoms with E-state index in [0.29, 0.717) is 6.07 Å². The number of pyridine rings is 1. The molecule has 0 saturated carbocycles. The molecule has 0 radical (unpaired) electrons. The van der Waals surface area contributed by atoms with Crippen molar-refractivity contribution < 1.29 is 27.8 Å². The van der Waals surface area contributed by atoms with Crippen molar-refractivity contribution in [2.24, 2.45) is 5.73 Å². The number of carboxylic acids is 1. The van der Waals surface area contributed by atoms with Gasteiger partial charge in [0, 0.05) is 23.9 Å². The Morgan fingerprint density at radius 3 is 2.56 bits per heavy atom. The number of hydrogen-bond donors (Lipinski definition) is 3. The quantitative estimate of drug-likeness (QED) is 0.729. The number of halogens is 3. The predicted molar refractivity (Wildman–Crippen MR) is 53.0 cm³/mol. The molecule has 0 unspecified atom stereocenters. The van der Waals surface area contributed by atoms with Crippen LogP contribution in [0.3, 0.4) is 0 Å². The molecule has 18 heavy (non-hydrogen) atoms. The summed E-state index contributed by atoms with van der Waals surface area (Å²) in [6, 6.07) is 0.570. The lowest BCUT2D eigenvalue weighted by molar-refractivity contribution is -0.275. The van der Waals surface area contributed by atoms with Crippen LogP contribution in [0, 0.1) is 0 Å². The minimum Gasteiger partial charge on any atom is -0.481 e. The van der Waals surface area contributed by atoms with Crippen molar-refractivity contribution in [3.63, 3.8) is 0 Å². The normalized spacial score (nSPS) is 11.3. The number of alkyl halides is 3. The van der Waals surface area contributed by atoms with E-state index in [9.17, 15) is 22.8 Å². The van der Waals surface area contributed by atoms with Crippen LogP contribution in [-0.4, -0.2) is 22.4 Å². The molecule has 0 amide bonds. The number of ether oxygens (including phenoxy) is 1. The van der Waals surface area contributed by atoms with Gasteiger partial charge < -0.3 is 20.6 Å². The van der Waals surface area contributed by atoms with Crippen LogP contribution in [0.5, 0.6) is 5.75 Å². The summed E-state index contributed by atoms with van der Waals surface area (Å²) in [6.07, 6.45) is -5.64. The zero-order valence-electron chi connectivity index (χ0n) is 8.87. The van der Waals surface area contributed by atoms with Gasteiger partial charge in [-0.2, -0.15) is 0 Å². The molecular formula is C9H9F3N2O4. The highest BCUT2D eigenvalue weighted by molar-refractivity contribution is 5.70. The number of nitrogens with two attached hydrogens (primary N) is 1. The van der Waals surface area contributed by atoms with E-state index in [1.165, 1.54) is 0 Å². The summed E-state index contributed by atoms with van der Waals surface area (Å²) in [6.45, 7) is -0.398. The van der Waals surface area contributed by atoms with Gasteiger partial charge in [-0.25, -0.2) is 0 Å². The van der Waals surface area contributed by atoms with Crippen LogP contribution in [0.4, 0.5) is 13.2 Å². The second-order valence-electron chi connectivity index (χ2n) is 3.28. The first-order valence-electron chi connectivity index (χ1n) is 4.65. The van der Waals surface area contributed by atoms with Gasteiger partial charge in [-0.3, -0.25) is 9.59 Å². The van der Waals surface area contributed by atoms with E-state index in [1.54, 1.807) is 0 Å². The van der Waals surface area contributed by atoms with Crippen molar-refractivity contribution >= 4 is 5.97 Å². The maximum absolute atomic E-state index is 12.1. The molecule has 0 atom stereocenters. The van der Waals surface area contributed by atoms with Crippen LogP contribution >= 0.6 is 0 Å². The Bertz CT molecular complexity index is 510. The number of aromatic nitrogens is 1. The first-order chi connectivity index (χ1) is 8.23. The van der Waals surface area contributed by atoms with Gasteiger partial charge in [0.05, 0.1) is 6.42 Å². The van der Waals surface area contributed by atoms with Crippen molar-refractivity contribution in [3.8, 4) is 5.75 Å². The molecule has 0 saturated heterocycles. The Hall–Kier alpha value is -2.03. The van der Waals surface area contributed by atoms with Gasteiger partial charge in [-0.05, 0) is 0 Å². The summed E-state index contributed by atoms with van der Waals surface area (Å²) in [5.41, 5.74) is 3.92. The number of aliphatic carboxylic acids is 1. The van der Waals surface area contributed by atoms with Gasteiger partial charge >= 0.3 is 12.3 Å². The third kappa shape index (κ3) is 3.77. The van der Waals surface area contributed by atoms with Gasteiger partial charge in [-0.1, -0.05) is 0 Å². The van der Waals surface area contributed by atoms with Crippen LogP contribution in [-0.2, 0) is 17.8 Å². The SMILES string of the molecule is NCc1c(OC(F)(F)F)cc(=O)[nH]c1CC(=O)O. The fourth-order valence-corrected chi connectivity index (χ4v) is 1.36. The number of rotatable bonds is 4. The predicted octanol–water partition coefficient (Wildman–Crippen LogP) is 0.359. The molecule has 0 aliphatic heterocycles. The Kier molecular flexibility index (Phi) is 3.96. The van der Waals surface area contributed by atoms with Gasteiger partial charge in [0.25, 0.3) is 5.56 Å². The first kappa shape index (κ1) is 14.0. The second kappa shape index (κ2) is 5.08. The third-order valence-corrected chi connectivity index (χ3v) is 1.96. The zero-order valence-corrected chi connectivity index (χ0v) is 8.87. The first-order valence-corrected chi connectivity index (χ1v) is 4.65. The summed E-state index contributed by atoms with van der Waals surface area (Å²) in [5, 5.41) is 8.58. The van der Waals surface area contributed by atoms with Crippen molar-refractivity contribution in [2.75, 3.05) is 0 Å². The molecule has 0 aliphatic rings. The molecule has 4 N–H and O–H groups in total. The molecule has 6 nitrogen and oxygen atoms in total. The van der Waals surface area contributed by atoms with E-state index in [2.05, 4.69) is 9.72 Å². The third-order valence-electron chi connectivity index (χ3n) is 1.96. The summed E-state index contributed by atoms with van der Waals surface area (Å²) < 4.78 is 39.9. The number of aromatic amines is 1. The molecule has 0 aromatic carbocycles. The number of carboxylic acid groups (broad SMARTS) is 1.